The summed E-state index contributed by atoms with van der Waals surface area (Å²) in [5.41, 5.74) is 2.17. The van der Waals surface area contributed by atoms with Crippen LogP contribution in [0.3, 0.4) is 0 Å². The number of hydrogen-bond donors (Lipinski definition) is 1. The lowest BCUT2D eigenvalue weighted by Gasteiger charge is -2.23. The Hall–Kier alpha value is -2.28. The van der Waals surface area contributed by atoms with E-state index in [0.29, 0.717) is 24.5 Å². The van der Waals surface area contributed by atoms with Crippen LogP contribution in [0.15, 0.2) is 24.3 Å². The number of anilines is 1. The topological polar surface area (TPSA) is 75.2 Å². The summed E-state index contributed by atoms with van der Waals surface area (Å²) in [5.74, 6) is -0.0484. The van der Waals surface area contributed by atoms with Gasteiger partial charge in [0.1, 0.15) is 11.0 Å². The molecule has 7 heteroatoms. The Labute approximate surface area is 202 Å². The van der Waals surface area contributed by atoms with Crippen LogP contribution in [-0.2, 0) is 9.59 Å². The van der Waals surface area contributed by atoms with E-state index in [2.05, 4.69) is 22.4 Å². The second-order valence-electron chi connectivity index (χ2n) is 9.09. The highest BCUT2D eigenvalue weighted by atomic mass is 32.1. The molecule has 2 aromatic rings. The van der Waals surface area contributed by atoms with Gasteiger partial charge in [0.25, 0.3) is 0 Å². The number of carbonyl (C=O) groups excluding carboxylic acids is 2. The van der Waals surface area contributed by atoms with E-state index < -0.39 is 6.04 Å². The van der Waals surface area contributed by atoms with E-state index >= 15 is 0 Å². The third-order valence-corrected chi connectivity index (χ3v) is 7.21. The molecule has 1 saturated heterocycles. The number of benzene rings is 1. The highest BCUT2D eigenvalue weighted by Crippen LogP contribution is 2.28. The molecule has 1 aliphatic rings. The fourth-order valence-corrected chi connectivity index (χ4v) is 5.10. The third-order valence-electron chi connectivity index (χ3n) is 6.32. The first kappa shape index (κ1) is 25.3. The smallest absolute Gasteiger partial charge is 0.249 e. The largest absolute Gasteiger partial charge is 0.331 e. The maximum absolute atomic E-state index is 12.9. The molecule has 1 N–H and O–H groups in total. The van der Waals surface area contributed by atoms with Gasteiger partial charge in [-0.1, -0.05) is 99.5 Å². The maximum Gasteiger partial charge on any atom is 0.249 e. The van der Waals surface area contributed by atoms with Crippen LogP contribution >= 0.6 is 11.3 Å². The molecule has 0 aliphatic carbocycles. The summed E-state index contributed by atoms with van der Waals surface area (Å²) in [4.78, 5) is 27.4. The Balaban J connectivity index is 1.40. The van der Waals surface area contributed by atoms with Gasteiger partial charge in [0.15, 0.2) is 0 Å². The summed E-state index contributed by atoms with van der Waals surface area (Å²) in [7, 11) is 0. The van der Waals surface area contributed by atoms with Crippen LogP contribution in [0, 0.1) is 6.92 Å². The van der Waals surface area contributed by atoms with E-state index in [1.807, 2.05) is 31.2 Å². The number of carbonyl (C=O) groups is 2. The van der Waals surface area contributed by atoms with Gasteiger partial charge in [-0.25, -0.2) is 0 Å². The highest BCUT2D eigenvalue weighted by Gasteiger charge is 2.34. The summed E-state index contributed by atoms with van der Waals surface area (Å²) < 4.78 is 0. The average molecular weight is 471 g/mol. The van der Waals surface area contributed by atoms with Crippen molar-refractivity contribution in [1.29, 1.82) is 0 Å². The van der Waals surface area contributed by atoms with Gasteiger partial charge in [0, 0.05) is 18.5 Å². The van der Waals surface area contributed by atoms with Crippen molar-refractivity contribution < 1.29 is 9.59 Å². The molecule has 0 spiro atoms. The molecule has 1 unspecified atom stereocenters. The van der Waals surface area contributed by atoms with Crippen LogP contribution < -0.4 is 5.32 Å². The van der Waals surface area contributed by atoms with Gasteiger partial charge in [-0.2, -0.15) is 0 Å². The number of hydrogen-bond acceptors (Lipinski definition) is 5. The number of rotatable bonds is 13. The number of unbranched alkanes of at least 4 members (excludes halogenated alkanes) is 8. The number of nitrogens with one attached hydrogen (secondary N) is 1. The van der Waals surface area contributed by atoms with Gasteiger partial charge < -0.3 is 4.90 Å². The minimum Gasteiger partial charge on any atom is -0.331 e. The van der Waals surface area contributed by atoms with Crippen molar-refractivity contribution in [3.63, 3.8) is 0 Å². The van der Waals surface area contributed by atoms with Crippen molar-refractivity contribution in [2.24, 2.45) is 0 Å². The Kier molecular flexibility index (Phi) is 10.3. The molecule has 180 valence electrons. The SMILES string of the molecule is CCCCCCCCCCCC(=O)N1CCCC1C(=O)Nc1nnc(-c2ccc(C)cc2)s1. The van der Waals surface area contributed by atoms with Crippen molar-refractivity contribution >= 4 is 28.3 Å². The van der Waals surface area contributed by atoms with Gasteiger partial charge in [-0.15, -0.1) is 10.2 Å². The molecule has 0 saturated carbocycles. The molecular formula is C26H38N4O2S. The van der Waals surface area contributed by atoms with Gasteiger partial charge in [-0.3, -0.25) is 14.9 Å². The lowest BCUT2D eigenvalue weighted by atomic mass is 10.1. The minimum absolute atomic E-state index is 0.105. The predicted octanol–water partition coefficient (Wildman–Crippen LogP) is 6.36. The van der Waals surface area contributed by atoms with E-state index in [-0.39, 0.29) is 11.8 Å². The van der Waals surface area contributed by atoms with E-state index in [4.69, 9.17) is 0 Å². The lowest BCUT2D eigenvalue weighted by molar-refractivity contribution is -0.136. The van der Waals surface area contributed by atoms with Gasteiger partial charge in [0.2, 0.25) is 16.9 Å². The predicted molar refractivity (Wildman–Crippen MR) is 135 cm³/mol. The number of nitrogens with zero attached hydrogens (tertiary/aromatic N) is 3. The molecule has 3 rings (SSSR count). The standard InChI is InChI=1S/C26H38N4O2S/c1-3-4-5-6-7-8-9-10-11-14-23(31)30-19-12-13-22(30)24(32)27-26-29-28-25(33-26)21-17-15-20(2)16-18-21/h15-18,22H,3-14,19H2,1-2H3,(H,27,29,32). The van der Waals surface area contributed by atoms with Crippen LogP contribution in [0.1, 0.15) is 89.5 Å². The summed E-state index contributed by atoms with van der Waals surface area (Å²) in [6.45, 7) is 4.95. The average Bonchev–Trinajstić information content (AvgIpc) is 3.48. The Morgan fingerprint density at radius 2 is 1.67 bits per heavy atom. The zero-order valence-electron chi connectivity index (χ0n) is 20.1. The van der Waals surface area contributed by atoms with Crippen molar-refractivity contribution in [2.45, 2.75) is 96.9 Å². The summed E-state index contributed by atoms with van der Waals surface area (Å²) in [5, 5.41) is 12.5. The second kappa shape index (κ2) is 13.4. The van der Waals surface area contributed by atoms with Crippen molar-refractivity contribution in [1.82, 2.24) is 15.1 Å². The first-order valence-electron chi connectivity index (χ1n) is 12.6. The monoisotopic (exact) mass is 470 g/mol. The summed E-state index contributed by atoms with van der Waals surface area (Å²) >= 11 is 1.36. The molecule has 6 nitrogen and oxygen atoms in total. The van der Waals surface area contributed by atoms with Crippen LogP contribution in [0.25, 0.3) is 10.6 Å². The fraction of sp³-hybridized carbons (Fsp3) is 0.615. The number of amides is 2. The zero-order valence-corrected chi connectivity index (χ0v) is 21.0. The van der Waals surface area contributed by atoms with E-state index in [1.165, 1.54) is 61.8 Å². The Bertz CT molecular complexity index is 881. The quantitative estimate of drug-likeness (QED) is 0.345. The number of aryl methyl sites for hydroxylation is 1. The van der Waals surface area contributed by atoms with Crippen molar-refractivity contribution in [2.75, 3.05) is 11.9 Å². The van der Waals surface area contributed by atoms with Gasteiger partial charge >= 0.3 is 0 Å². The third kappa shape index (κ3) is 7.91. The maximum atomic E-state index is 12.9. The van der Waals surface area contributed by atoms with Crippen LogP contribution in [0.4, 0.5) is 5.13 Å². The lowest BCUT2D eigenvalue weighted by Crippen LogP contribution is -2.43. The molecule has 0 radical (unpaired) electrons. The molecule has 2 amide bonds. The van der Waals surface area contributed by atoms with Gasteiger partial charge in [-0.05, 0) is 26.2 Å². The minimum atomic E-state index is -0.400. The van der Waals surface area contributed by atoms with Crippen molar-refractivity contribution in [3.8, 4) is 10.6 Å². The molecule has 2 heterocycles. The van der Waals surface area contributed by atoms with Crippen LogP contribution in [0.2, 0.25) is 0 Å². The molecule has 1 aliphatic heterocycles. The van der Waals surface area contributed by atoms with Gasteiger partial charge in [0.05, 0.1) is 0 Å². The fourth-order valence-electron chi connectivity index (χ4n) is 4.34. The number of likely N-dealkylation sites (tertiary alicyclic amines) is 1. The Morgan fingerprint density at radius 1 is 1.00 bits per heavy atom. The zero-order chi connectivity index (χ0) is 23.5. The Morgan fingerprint density at radius 3 is 2.36 bits per heavy atom. The first-order chi connectivity index (χ1) is 16.1. The van der Waals surface area contributed by atoms with E-state index in [1.54, 1.807) is 4.90 Å². The molecule has 33 heavy (non-hydrogen) atoms. The summed E-state index contributed by atoms with van der Waals surface area (Å²) in [6, 6.07) is 7.68. The molecular weight excluding hydrogens is 432 g/mol. The number of aromatic nitrogens is 2. The second-order valence-corrected chi connectivity index (χ2v) is 10.1. The molecule has 1 aromatic carbocycles. The molecule has 1 atom stereocenters. The molecule has 0 bridgehead atoms. The molecule has 1 aromatic heterocycles. The molecule has 1 fully saturated rings. The van der Waals surface area contributed by atoms with Crippen LogP contribution in [0.5, 0.6) is 0 Å². The van der Waals surface area contributed by atoms with Crippen LogP contribution in [-0.4, -0.2) is 39.5 Å². The highest BCUT2D eigenvalue weighted by molar-refractivity contribution is 7.18. The first-order valence-corrected chi connectivity index (χ1v) is 13.4. The van der Waals surface area contributed by atoms with E-state index in [9.17, 15) is 9.59 Å². The van der Waals surface area contributed by atoms with E-state index in [0.717, 1.165) is 29.8 Å². The normalized spacial score (nSPS) is 15.7. The summed E-state index contributed by atoms with van der Waals surface area (Å²) in [6.07, 6.45) is 13.2. The van der Waals surface area contributed by atoms with Crippen molar-refractivity contribution in [3.05, 3.63) is 29.8 Å².